The summed E-state index contributed by atoms with van der Waals surface area (Å²) in [6, 6.07) is 0. The van der Waals surface area contributed by atoms with E-state index >= 15 is 0 Å². The van der Waals surface area contributed by atoms with Gasteiger partial charge in [-0.15, -0.1) is 12.4 Å². The summed E-state index contributed by atoms with van der Waals surface area (Å²) in [4.78, 5) is 11.3. The number of hydrogen-bond acceptors (Lipinski definition) is 3. The van der Waals surface area contributed by atoms with Gasteiger partial charge in [-0.1, -0.05) is 96.8 Å². The first-order valence-corrected chi connectivity index (χ1v) is 10.2. The van der Waals surface area contributed by atoms with Crippen LogP contribution >= 0.6 is 12.4 Å². The molecular formula is C20H42ClNO2. The van der Waals surface area contributed by atoms with Gasteiger partial charge in [-0.05, 0) is 6.42 Å². The van der Waals surface area contributed by atoms with Crippen LogP contribution in [0.4, 0.5) is 0 Å². The van der Waals surface area contributed by atoms with Crippen molar-refractivity contribution in [1.82, 2.24) is 0 Å². The fraction of sp³-hybridized carbons (Fsp3) is 0.950. The Labute approximate surface area is 156 Å². The van der Waals surface area contributed by atoms with E-state index in [4.69, 9.17) is 10.5 Å². The van der Waals surface area contributed by atoms with Gasteiger partial charge in [0.15, 0.2) is 0 Å². The fourth-order valence-electron chi connectivity index (χ4n) is 2.89. The zero-order valence-corrected chi connectivity index (χ0v) is 16.8. The van der Waals surface area contributed by atoms with E-state index in [2.05, 4.69) is 6.92 Å². The average molecular weight is 364 g/mol. The van der Waals surface area contributed by atoms with Crippen LogP contribution in [0.5, 0.6) is 0 Å². The number of carbonyl (C=O) groups excluding carboxylic acids is 1. The molecule has 0 aromatic rings. The molecule has 0 aliphatic rings. The molecule has 0 bridgehead atoms. The molecule has 0 radical (unpaired) electrons. The zero-order chi connectivity index (χ0) is 17.0. The van der Waals surface area contributed by atoms with Crippen molar-refractivity contribution in [2.24, 2.45) is 5.73 Å². The van der Waals surface area contributed by atoms with E-state index in [1.807, 2.05) is 0 Å². The maximum absolute atomic E-state index is 11.3. The predicted molar refractivity (Wildman–Crippen MR) is 107 cm³/mol. The van der Waals surface area contributed by atoms with Crippen molar-refractivity contribution in [2.75, 3.05) is 13.2 Å². The third kappa shape index (κ3) is 21.7. The minimum Gasteiger partial charge on any atom is -0.464 e. The summed E-state index contributed by atoms with van der Waals surface area (Å²) in [7, 11) is 0. The number of rotatable bonds is 18. The monoisotopic (exact) mass is 363 g/mol. The predicted octanol–water partition coefficient (Wildman–Crippen LogP) is 6.17. The highest BCUT2D eigenvalue weighted by molar-refractivity contribution is 5.85. The lowest BCUT2D eigenvalue weighted by molar-refractivity contribution is -0.143. The van der Waals surface area contributed by atoms with Crippen LogP contribution in [0.15, 0.2) is 0 Å². The number of esters is 1. The maximum atomic E-state index is 11.3. The highest BCUT2D eigenvalue weighted by Crippen LogP contribution is 2.13. The molecule has 24 heavy (non-hydrogen) atoms. The van der Waals surface area contributed by atoms with Gasteiger partial charge in [-0.25, -0.2) is 0 Å². The van der Waals surface area contributed by atoms with Crippen LogP contribution < -0.4 is 5.73 Å². The largest absolute Gasteiger partial charge is 0.464 e. The summed E-state index contributed by atoms with van der Waals surface area (Å²) < 4.78 is 4.95. The zero-order valence-electron chi connectivity index (χ0n) is 16.0. The van der Waals surface area contributed by atoms with Crippen LogP contribution in [0.25, 0.3) is 0 Å². The highest BCUT2D eigenvalue weighted by atomic mass is 35.5. The van der Waals surface area contributed by atoms with Crippen LogP contribution in [0.1, 0.15) is 110 Å². The number of nitrogens with two attached hydrogens (primary N) is 1. The molecule has 0 aliphatic heterocycles. The van der Waals surface area contributed by atoms with E-state index in [9.17, 15) is 4.79 Å². The van der Waals surface area contributed by atoms with Crippen LogP contribution in [0, 0.1) is 0 Å². The highest BCUT2D eigenvalue weighted by Gasteiger charge is 2.01. The first-order valence-electron chi connectivity index (χ1n) is 10.2. The number of hydrogen-bond donors (Lipinski definition) is 1. The molecule has 3 nitrogen and oxygen atoms in total. The van der Waals surface area contributed by atoms with Crippen molar-refractivity contribution in [2.45, 2.75) is 110 Å². The Kier molecular flexibility index (Phi) is 24.6. The molecule has 2 N–H and O–H groups in total. The SMILES string of the molecule is CCCCCCCCCCCCCCCCCC(=O)OCCN.Cl. The summed E-state index contributed by atoms with van der Waals surface area (Å²) >= 11 is 0. The van der Waals surface area contributed by atoms with Crippen molar-refractivity contribution in [3.05, 3.63) is 0 Å². The lowest BCUT2D eigenvalue weighted by Gasteiger charge is -2.04. The molecule has 0 rings (SSSR count). The van der Waals surface area contributed by atoms with Crippen molar-refractivity contribution in [3.8, 4) is 0 Å². The molecule has 146 valence electrons. The van der Waals surface area contributed by atoms with Gasteiger partial charge in [0, 0.05) is 13.0 Å². The van der Waals surface area contributed by atoms with Gasteiger partial charge >= 0.3 is 5.97 Å². The van der Waals surface area contributed by atoms with Crippen LogP contribution in [-0.2, 0) is 9.53 Å². The Morgan fingerprint density at radius 3 is 1.46 bits per heavy atom. The lowest BCUT2D eigenvalue weighted by Crippen LogP contribution is -2.13. The molecule has 0 fully saturated rings. The normalized spacial score (nSPS) is 10.4. The fourth-order valence-corrected chi connectivity index (χ4v) is 2.89. The molecule has 0 aromatic carbocycles. The standard InChI is InChI=1S/C20H41NO2.ClH/c1-2-3-4-5-6-7-8-9-10-11-12-13-14-15-16-17-20(22)23-19-18-21;/h2-19,21H2,1H3;1H. The van der Waals surface area contributed by atoms with Crippen molar-refractivity contribution in [1.29, 1.82) is 0 Å². The van der Waals surface area contributed by atoms with Crippen LogP contribution in [0.2, 0.25) is 0 Å². The summed E-state index contributed by atoms with van der Waals surface area (Å²) in [6.07, 6.45) is 20.7. The van der Waals surface area contributed by atoms with Gasteiger partial charge < -0.3 is 10.5 Å². The molecule has 0 aromatic heterocycles. The van der Waals surface area contributed by atoms with Gasteiger partial charge in [0.05, 0.1) is 0 Å². The molecule has 0 spiro atoms. The van der Waals surface area contributed by atoms with E-state index < -0.39 is 0 Å². The van der Waals surface area contributed by atoms with Gasteiger partial charge in [0.2, 0.25) is 0 Å². The number of halogens is 1. The summed E-state index contributed by atoms with van der Waals surface area (Å²) in [6.45, 7) is 3.06. The molecule has 0 atom stereocenters. The van der Waals surface area contributed by atoms with E-state index in [0.29, 0.717) is 19.6 Å². The van der Waals surface area contributed by atoms with Crippen LogP contribution in [-0.4, -0.2) is 19.1 Å². The number of ether oxygens (including phenoxy) is 1. The molecule has 0 heterocycles. The van der Waals surface area contributed by atoms with Crippen molar-refractivity contribution in [3.63, 3.8) is 0 Å². The minimum absolute atomic E-state index is 0. The van der Waals surface area contributed by atoms with Gasteiger partial charge in [0.1, 0.15) is 6.61 Å². The number of carbonyl (C=O) groups is 1. The van der Waals surface area contributed by atoms with E-state index in [1.54, 1.807) is 0 Å². The Balaban J connectivity index is 0. The topological polar surface area (TPSA) is 52.3 Å². The molecule has 0 aliphatic carbocycles. The van der Waals surface area contributed by atoms with Crippen LogP contribution in [0.3, 0.4) is 0 Å². The Bertz CT molecular complexity index is 250. The second-order valence-electron chi connectivity index (χ2n) is 6.71. The van der Waals surface area contributed by atoms with E-state index in [1.165, 1.54) is 83.5 Å². The minimum atomic E-state index is -0.0925. The molecule has 4 heteroatoms. The van der Waals surface area contributed by atoms with Gasteiger partial charge in [-0.2, -0.15) is 0 Å². The maximum Gasteiger partial charge on any atom is 0.305 e. The lowest BCUT2D eigenvalue weighted by atomic mass is 10.0. The van der Waals surface area contributed by atoms with E-state index in [0.717, 1.165) is 12.8 Å². The molecule has 0 unspecified atom stereocenters. The Morgan fingerprint density at radius 2 is 1.08 bits per heavy atom. The first kappa shape index (κ1) is 26.0. The molecule has 0 saturated heterocycles. The average Bonchev–Trinajstić information content (AvgIpc) is 2.56. The molecule has 0 amide bonds. The third-order valence-electron chi connectivity index (χ3n) is 4.37. The number of unbranched alkanes of at least 4 members (excludes halogenated alkanes) is 14. The second-order valence-corrected chi connectivity index (χ2v) is 6.71. The third-order valence-corrected chi connectivity index (χ3v) is 4.37. The van der Waals surface area contributed by atoms with E-state index in [-0.39, 0.29) is 18.4 Å². The Morgan fingerprint density at radius 1 is 0.708 bits per heavy atom. The summed E-state index contributed by atoms with van der Waals surface area (Å²) in [5.74, 6) is -0.0925. The summed E-state index contributed by atoms with van der Waals surface area (Å²) in [5.41, 5.74) is 5.29. The van der Waals surface area contributed by atoms with Gasteiger partial charge in [-0.3, -0.25) is 4.79 Å². The molecule has 0 saturated carbocycles. The van der Waals surface area contributed by atoms with Gasteiger partial charge in [0.25, 0.3) is 0 Å². The summed E-state index contributed by atoms with van der Waals surface area (Å²) in [5, 5.41) is 0. The Hall–Kier alpha value is -0.280. The van der Waals surface area contributed by atoms with Crippen molar-refractivity contribution >= 4 is 18.4 Å². The quantitative estimate of drug-likeness (QED) is 0.234. The van der Waals surface area contributed by atoms with Crippen molar-refractivity contribution < 1.29 is 9.53 Å². The first-order chi connectivity index (χ1) is 11.3. The molecular weight excluding hydrogens is 322 g/mol. The smallest absolute Gasteiger partial charge is 0.305 e. The second kappa shape index (κ2) is 22.7.